The van der Waals surface area contributed by atoms with Gasteiger partial charge in [-0.2, -0.15) is 0 Å². The summed E-state index contributed by atoms with van der Waals surface area (Å²) in [5.74, 6) is 1.69. The molecule has 146 valence electrons. The number of likely N-dealkylation sites (tertiary alicyclic amines) is 1. The van der Waals surface area contributed by atoms with Crippen molar-refractivity contribution < 1.29 is 9.84 Å². The van der Waals surface area contributed by atoms with E-state index in [1.54, 1.807) is 7.11 Å². The Balaban J connectivity index is 1.99. The van der Waals surface area contributed by atoms with Crippen LogP contribution in [0.25, 0.3) is 0 Å². The number of aliphatic hydroxyl groups is 1. The molecule has 1 aliphatic rings. The first-order valence-corrected chi connectivity index (χ1v) is 9.72. The first-order valence-electron chi connectivity index (χ1n) is 9.72. The summed E-state index contributed by atoms with van der Waals surface area (Å²) in [6, 6.07) is 8.09. The van der Waals surface area contributed by atoms with Gasteiger partial charge in [-0.05, 0) is 44.1 Å². The lowest BCUT2D eigenvalue weighted by Crippen LogP contribution is -2.43. The van der Waals surface area contributed by atoms with Crippen LogP contribution in [0.3, 0.4) is 0 Å². The fourth-order valence-corrected chi connectivity index (χ4v) is 3.50. The van der Waals surface area contributed by atoms with Gasteiger partial charge in [0.15, 0.2) is 5.96 Å². The van der Waals surface area contributed by atoms with Crippen molar-refractivity contribution in [3.8, 4) is 5.75 Å². The van der Waals surface area contributed by atoms with Gasteiger partial charge in [0.2, 0.25) is 0 Å². The number of likely N-dealkylation sites (N-methyl/N-ethyl adjacent to an activating group) is 1. The number of hydrogen-bond donors (Lipinski definition) is 2. The quantitative estimate of drug-likeness (QED) is 0.548. The molecule has 1 aliphatic heterocycles. The van der Waals surface area contributed by atoms with Crippen molar-refractivity contribution >= 4 is 5.96 Å². The van der Waals surface area contributed by atoms with Gasteiger partial charge in [-0.25, -0.2) is 0 Å². The van der Waals surface area contributed by atoms with Crippen LogP contribution >= 0.6 is 0 Å². The van der Waals surface area contributed by atoms with Gasteiger partial charge < -0.3 is 20.1 Å². The first-order chi connectivity index (χ1) is 12.6. The van der Waals surface area contributed by atoms with Crippen LogP contribution in [0, 0.1) is 0 Å². The third-order valence-electron chi connectivity index (χ3n) is 5.04. The van der Waals surface area contributed by atoms with Crippen LogP contribution in [0.4, 0.5) is 0 Å². The predicted octanol–water partition coefficient (Wildman–Crippen LogP) is 2.11. The molecule has 6 nitrogen and oxygen atoms in total. The van der Waals surface area contributed by atoms with Crippen LogP contribution in [0.15, 0.2) is 29.3 Å². The number of benzene rings is 1. The number of aliphatic hydroxyl groups excluding tert-OH is 1. The maximum absolute atomic E-state index is 10.5. The third-order valence-corrected chi connectivity index (χ3v) is 5.04. The minimum absolute atomic E-state index is 0.348. The topological polar surface area (TPSA) is 60.3 Å². The number of methoxy groups -OCH3 is 1. The summed E-state index contributed by atoms with van der Waals surface area (Å²) < 4.78 is 5.16. The number of guanidine groups is 1. The van der Waals surface area contributed by atoms with Crippen LogP contribution in [0.1, 0.15) is 38.9 Å². The molecule has 0 spiro atoms. The van der Waals surface area contributed by atoms with Crippen LogP contribution in [0.2, 0.25) is 0 Å². The fourth-order valence-electron chi connectivity index (χ4n) is 3.50. The minimum atomic E-state index is -0.615. The van der Waals surface area contributed by atoms with E-state index in [4.69, 9.17) is 9.73 Å². The van der Waals surface area contributed by atoms with Crippen molar-refractivity contribution in [1.29, 1.82) is 0 Å². The fraction of sp³-hybridized carbons (Fsp3) is 0.650. The molecule has 2 rings (SSSR count). The maximum atomic E-state index is 10.5. The summed E-state index contributed by atoms with van der Waals surface area (Å²) in [5, 5.41) is 13.8. The Bertz CT molecular complexity index is 557. The monoisotopic (exact) mass is 362 g/mol. The largest absolute Gasteiger partial charge is 0.497 e. The normalized spacial score (nSPS) is 19.1. The average Bonchev–Trinajstić information content (AvgIpc) is 3.15. The summed E-state index contributed by atoms with van der Waals surface area (Å²) in [6.07, 6.45) is 0.545. The molecule has 1 saturated heterocycles. The number of rotatable bonds is 8. The Hall–Kier alpha value is -1.79. The Morgan fingerprint density at radius 3 is 2.58 bits per heavy atom. The first kappa shape index (κ1) is 20.5. The molecule has 0 amide bonds. The van der Waals surface area contributed by atoms with Crippen LogP contribution in [-0.4, -0.2) is 73.3 Å². The molecule has 0 radical (unpaired) electrons. The minimum Gasteiger partial charge on any atom is -0.497 e. The zero-order chi connectivity index (χ0) is 18.9. The van der Waals surface area contributed by atoms with Gasteiger partial charge in [-0.15, -0.1) is 0 Å². The lowest BCUT2D eigenvalue weighted by atomic mass is 10.1. The van der Waals surface area contributed by atoms with E-state index in [-0.39, 0.29) is 0 Å². The lowest BCUT2D eigenvalue weighted by Gasteiger charge is -2.27. The zero-order valence-electron chi connectivity index (χ0n) is 16.6. The van der Waals surface area contributed by atoms with Crippen molar-refractivity contribution in [2.24, 2.45) is 4.99 Å². The van der Waals surface area contributed by atoms with Gasteiger partial charge >= 0.3 is 0 Å². The number of hydrogen-bond acceptors (Lipinski definition) is 4. The molecular formula is C20H34N4O2. The van der Waals surface area contributed by atoms with E-state index in [2.05, 4.69) is 35.9 Å². The Morgan fingerprint density at radius 1 is 1.31 bits per heavy atom. The molecular weight excluding hydrogens is 328 g/mol. The van der Waals surface area contributed by atoms with E-state index >= 15 is 0 Å². The van der Waals surface area contributed by atoms with Crippen molar-refractivity contribution in [3.05, 3.63) is 29.8 Å². The molecule has 0 aromatic heterocycles. The molecule has 1 heterocycles. The van der Waals surface area contributed by atoms with Crippen LogP contribution in [-0.2, 0) is 0 Å². The molecule has 2 unspecified atom stereocenters. The van der Waals surface area contributed by atoms with Crippen molar-refractivity contribution in [2.45, 2.75) is 39.3 Å². The smallest absolute Gasteiger partial charge is 0.194 e. The highest BCUT2D eigenvalue weighted by atomic mass is 16.5. The van der Waals surface area contributed by atoms with E-state index in [0.717, 1.165) is 56.4 Å². The third kappa shape index (κ3) is 5.35. The summed E-state index contributed by atoms with van der Waals surface area (Å²) >= 11 is 0. The number of ether oxygens (including phenoxy) is 1. The number of nitrogens with one attached hydrogen (secondary N) is 1. The molecule has 1 fully saturated rings. The van der Waals surface area contributed by atoms with Crippen molar-refractivity contribution in [2.75, 3.05) is 46.4 Å². The highest BCUT2D eigenvalue weighted by molar-refractivity contribution is 5.80. The molecule has 2 N–H and O–H groups in total. The zero-order valence-corrected chi connectivity index (χ0v) is 16.6. The molecule has 26 heavy (non-hydrogen) atoms. The molecule has 0 aliphatic carbocycles. The van der Waals surface area contributed by atoms with Crippen LogP contribution < -0.4 is 10.1 Å². The Labute approximate surface area is 157 Å². The summed E-state index contributed by atoms with van der Waals surface area (Å²) in [6.45, 7) is 11.8. The van der Waals surface area contributed by atoms with Crippen molar-refractivity contribution in [1.82, 2.24) is 15.1 Å². The second-order valence-electron chi connectivity index (χ2n) is 6.59. The summed E-state index contributed by atoms with van der Waals surface area (Å²) in [7, 11) is 1.64. The van der Waals surface area contributed by atoms with Gasteiger partial charge in [0.25, 0.3) is 0 Å². The molecule has 0 saturated carbocycles. The SMILES string of the molecule is CCNC(=NCC(O)c1ccc(OC)cc1)N1CCC(N(CC)CC)C1. The van der Waals surface area contributed by atoms with E-state index in [1.807, 2.05) is 24.3 Å². The molecule has 6 heteroatoms. The average molecular weight is 363 g/mol. The van der Waals surface area contributed by atoms with Crippen molar-refractivity contribution in [3.63, 3.8) is 0 Å². The maximum Gasteiger partial charge on any atom is 0.194 e. The summed E-state index contributed by atoms with van der Waals surface area (Å²) in [4.78, 5) is 9.51. The van der Waals surface area contributed by atoms with E-state index in [0.29, 0.717) is 12.6 Å². The predicted molar refractivity (Wildman–Crippen MR) is 107 cm³/mol. The highest BCUT2D eigenvalue weighted by Gasteiger charge is 2.28. The molecule has 0 bridgehead atoms. The van der Waals surface area contributed by atoms with E-state index in [9.17, 15) is 5.11 Å². The van der Waals surface area contributed by atoms with Gasteiger partial charge in [0.05, 0.1) is 19.8 Å². The van der Waals surface area contributed by atoms with Gasteiger partial charge in [0.1, 0.15) is 5.75 Å². The second-order valence-corrected chi connectivity index (χ2v) is 6.59. The van der Waals surface area contributed by atoms with Crippen LogP contribution in [0.5, 0.6) is 5.75 Å². The van der Waals surface area contributed by atoms with Gasteiger partial charge in [-0.3, -0.25) is 9.89 Å². The highest BCUT2D eigenvalue weighted by Crippen LogP contribution is 2.19. The Morgan fingerprint density at radius 2 is 2.00 bits per heavy atom. The molecule has 1 aromatic rings. The van der Waals surface area contributed by atoms with Gasteiger partial charge in [-0.1, -0.05) is 26.0 Å². The lowest BCUT2D eigenvalue weighted by molar-refractivity contribution is 0.186. The van der Waals surface area contributed by atoms with E-state index in [1.165, 1.54) is 0 Å². The number of aliphatic imine (C=N–C) groups is 1. The van der Waals surface area contributed by atoms with E-state index < -0.39 is 6.10 Å². The second kappa shape index (κ2) is 10.4. The summed E-state index contributed by atoms with van der Waals surface area (Å²) in [5.41, 5.74) is 0.854. The number of nitrogens with zero attached hydrogens (tertiary/aromatic N) is 3. The van der Waals surface area contributed by atoms with Gasteiger partial charge in [0, 0.05) is 25.7 Å². The molecule has 2 atom stereocenters. The Kier molecular flexibility index (Phi) is 8.19. The molecule has 1 aromatic carbocycles. The standard InChI is InChI=1S/C20H34N4O2/c1-5-21-20(24-13-12-17(15-24)23(6-2)7-3)22-14-19(25)16-8-10-18(26-4)11-9-16/h8-11,17,19,25H,5-7,12-15H2,1-4H3,(H,21,22).